The third-order valence-corrected chi connectivity index (χ3v) is 9.87. The van der Waals surface area contributed by atoms with Crippen molar-refractivity contribution in [3.63, 3.8) is 0 Å². The molecule has 14 N–H and O–H groups in total. The molecule has 24 heteroatoms. The van der Waals surface area contributed by atoms with Crippen LogP contribution in [0.1, 0.15) is 27.2 Å². The van der Waals surface area contributed by atoms with E-state index in [0.29, 0.717) is 0 Å². The fourth-order valence-electron chi connectivity index (χ4n) is 6.95. The normalized spacial score (nSPS) is 44.9. The lowest BCUT2D eigenvalue weighted by Crippen LogP contribution is -2.71. The van der Waals surface area contributed by atoms with E-state index in [-0.39, 0.29) is 6.61 Å². The number of amides is 2. The zero-order valence-corrected chi connectivity index (χ0v) is 30.0. The predicted octanol–water partition coefficient (Wildman–Crippen LogP) is -8.55. The van der Waals surface area contributed by atoms with Gasteiger partial charge < -0.3 is 105 Å². The van der Waals surface area contributed by atoms with E-state index in [1.165, 1.54) is 6.92 Å². The molecule has 4 saturated heterocycles. The summed E-state index contributed by atoms with van der Waals surface area (Å²) in [6.07, 6.45) is -31.6. The number of rotatable bonds is 14. The van der Waals surface area contributed by atoms with Crippen molar-refractivity contribution in [2.45, 2.75) is 149 Å². The Balaban J connectivity index is 1.69. The van der Waals surface area contributed by atoms with Crippen LogP contribution in [0.5, 0.6) is 0 Å². The first kappa shape index (κ1) is 45.4. The molecule has 24 nitrogen and oxygen atoms in total. The number of carboxylic acid groups (broad SMARTS) is 1. The number of aliphatic hydroxyl groups excluding tert-OH is 11. The average molecular weight is 805 g/mol. The molecule has 0 aromatic heterocycles. The number of aliphatic carboxylic acids is 1. The molecule has 0 bridgehead atoms. The van der Waals surface area contributed by atoms with E-state index in [1.54, 1.807) is 0 Å². The van der Waals surface area contributed by atoms with Crippen LogP contribution in [0.4, 0.5) is 0 Å². The van der Waals surface area contributed by atoms with Crippen LogP contribution in [0.2, 0.25) is 0 Å². The number of nitrogens with one attached hydrogen (secondary N) is 2. The second-order valence-electron chi connectivity index (χ2n) is 13.9. The summed E-state index contributed by atoms with van der Waals surface area (Å²) in [5, 5.41) is 131. The van der Waals surface area contributed by atoms with Gasteiger partial charge in [-0.2, -0.15) is 0 Å². The first-order chi connectivity index (χ1) is 25.8. The van der Waals surface area contributed by atoms with Crippen LogP contribution in [0.25, 0.3) is 0 Å². The summed E-state index contributed by atoms with van der Waals surface area (Å²) in [7, 11) is 0. The summed E-state index contributed by atoms with van der Waals surface area (Å²) >= 11 is 0. The van der Waals surface area contributed by atoms with E-state index in [1.807, 2.05) is 0 Å². The minimum absolute atomic E-state index is 0.324. The third kappa shape index (κ3) is 9.87. The number of carbonyl (C=O) groups excluding carboxylic acids is 2. The molecule has 0 radical (unpaired) electrons. The molecule has 0 aromatic rings. The summed E-state index contributed by atoms with van der Waals surface area (Å²) in [6.45, 7) is 0.352. The minimum Gasteiger partial charge on any atom is -0.477 e. The molecule has 0 spiro atoms. The first-order valence-corrected chi connectivity index (χ1v) is 17.4. The van der Waals surface area contributed by atoms with Gasteiger partial charge in [0.1, 0.15) is 79.4 Å². The smallest absolute Gasteiger partial charge is 0.364 e. The van der Waals surface area contributed by atoms with Crippen LogP contribution >= 0.6 is 0 Å². The SMILES string of the molecule is CC(=O)N[C@H]1[C@H]([C@H](O)[C@H](O)CO)OC(O[C@H]2[C@@H](O)[C@@H](CO)O[C@@H](O[C@H]3[C@H](O[C@@H]4O[C@@H](C)[C@@H](O)[C@@H](O)[C@@H]4O)[C@@H](NC(C)=O)CO[C@@H]3CO)[C@@H]2O)(C(=O)O)C[C@@H]1O. The largest absolute Gasteiger partial charge is 0.477 e. The van der Waals surface area contributed by atoms with Crippen LogP contribution in [0, 0.1) is 0 Å². The Bertz CT molecular complexity index is 1300. The lowest BCUT2D eigenvalue weighted by atomic mass is 9.88. The maximum absolute atomic E-state index is 12.8. The van der Waals surface area contributed by atoms with Gasteiger partial charge in [-0.3, -0.25) is 9.59 Å². The quantitative estimate of drug-likeness (QED) is 0.0775. The fraction of sp³-hybridized carbons (Fsp3) is 0.903. The van der Waals surface area contributed by atoms with Gasteiger partial charge in [0.2, 0.25) is 11.8 Å². The Morgan fingerprint density at radius 1 is 0.782 bits per heavy atom. The Hall–Kier alpha value is -2.31. The van der Waals surface area contributed by atoms with E-state index < -0.39 is 166 Å². The molecule has 1 unspecified atom stereocenters. The van der Waals surface area contributed by atoms with Gasteiger partial charge in [0, 0.05) is 20.3 Å². The number of carboxylic acids is 1. The minimum atomic E-state index is -3.08. The van der Waals surface area contributed by atoms with Gasteiger partial charge in [0.05, 0.1) is 50.7 Å². The zero-order valence-electron chi connectivity index (χ0n) is 30.0. The van der Waals surface area contributed by atoms with Gasteiger partial charge in [-0.25, -0.2) is 4.79 Å². The molecular weight excluding hydrogens is 752 g/mol. The molecule has 4 fully saturated rings. The molecule has 4 aliphatic rings. The van der Waals surface area contributed by atoms with Gasteiger partial charge in [0.25, 0.3) is 5.79 Å². The number of aliphatic hydroxyl groups is 11. The second kappa shape index (κ2) is 19.0. The monoisotopic (exact) mass is 804 g/mol. The highest BCUT2D eigenvalue weighted by Crippen LogP contribution is 2.38. The Morgan fingerprint density at radius 3 is 1.95 bits per heavy atom. The van der Waals surface area contributed by atoms with Crippen LogP contribution < -0.4 is 10.6 Å². The molecular formula is C31H52N2O22. The molecule has 0 aliphatic carbocycles. The average Bonchev–Trinajstić information content (AvgIpc) is 3.13. The van der Waals surface area contributed by atoms with Gasteiger partial charge in [-0.15, -0.1) is 0 Å². The number of ether oxygens (including phenoxy) is 7. The van der Waals surface area contributed by atoms with Gasteiger partial charge >= 0.3 is 5.97 Å². The van der Waals surface area contributed by atoms with Crippen molar-refractivity contribution in [1.82, 2.24) is 10.6 Å². The number of carbonyl (C=O) groups is 3. The first-order valence-electron chi connectivity index (χ1n) is 17.4. The predicted molar refractivity (Wildman–Crippen MR) is 172 cm³/mol. The standard InChI is InChI=1S/C31H52N2O22/c1-9-18(41)21(44)22(45)28(50-9)52-24-12(32-10(2)37)8-49-16(7-36)25(24)53-29-23(46)27(20(43)15(6-35)51-29)55-31(30(47)48)4-13(39)17(33-11(3)38)26(54-31)19(42)14(40)5-34/h9,12-29,34-36,39-46H,4-8H2,1-3H3,(H,32,37)(H,33,38)(H,47,48)/t9-,12-,13-,14+,15+,16+,17+,18+,19+,20-,21+,22-,23+,24+,25+,26+,27-,28-,29-,31?/m0/s1. The molecule has 20 atom stereocenters. The number of hydrogen-bond acceptors (Lipinski definition) is 21. The maximum Gasteiger partial charge on any atom is 0.364 e. The zero-order chi connectivity index (χ0) is 41.1. The van der Waals surface area contributed by atoms with E-state index in [4.69, 9.17) is 33.2 Å². The summed E-state index contributed by atoms with van der Waals surface area (Å²) in [6, 6.07) is -2.72. The van der Waals surface area contributed by atoms with Gasteiger partial charge in [-0.05, 0) is 6.92 Å². The topological polar surface area (TPSA) is 383 Å². The van der Waals surface area contributed by atoms with Crippen LogP contribution in [0.3, 0.4) is 0 Å². The van der Waals surface area contributed by atoms with E-state index in [0.717, 1.165) is 13.8 Å². The van der Waals surface area contributed by atoms with E-state index in [9.17, 15) is 75.7 Å². The molecule has 318 valence electrons. The van der Waals surface area contributed by atoms with Gasteiger partial charge in [0.15, 0.2) is 12.6 Å². The molecule has 0 saturated carbocycles. The number of hydrogen-bond donors (Lipinski definition) is 14. The van der Waals surface area contributed by atoms with Crippen molar-refractivity contribution in [2.24, 2.45) is 0 Å². The van der Waals surface area contributed by atoms with E-state index >= 15 is 0 Å². The Morgan fingerprint density at radius 2 is 1.38 bits per heavy atom. The summed E-state index contributed by atoms with van der Waals surface area (Å²) in [5.74, 6) is -6.44. The van der Waals surface area contributed by atoms with Crippen LogP contribution in [-0.4, -0.2) is 227 Å². The Labute approximate surface area is 313 Å². The van der Waals surface area contributed by atoms with Gasteiger partial charge in [-0.1, -0.05) is 0 Å². The second-order valence-corrected chi connectivity index (χ2v) is 13.9. The van der Waals surface area contributed by atoms with Crippen molar-refractivity contribution in [2.75, 3.05) is 26.4 Å². The lowest BCUT2D eigenvalue weighted by molar-refractivity contribution is -0.384. The summed E-state index contributed by atoms with van der Waals surface area (Å²) < 4.78 is 40.2. The van der Waals surface area contributed by atoms with Crippen molar-refractivity contribution >= 4 is 17.8 Å². The van der Waals surface area contributed by atoms with Crippen molar-refractivity contribution in [3.8, 4) is 0 Å². The van der Waals surface area contributed by atoms with Crippen molar-refractivity contribution < 1.29 is 109 Å². The Kier molecular flexibility index (Phi) is 15.7. The van der Waals surface area contributed by atoms with Crippen molar-refractivity contribution in [1.29, 1.82) is 0 Å². The van der Waals surface area contributed by atoms with E-state index in [2.05, 4.69) is 10.6 Å². The lowest BCUT2D eigenvalue weighted by Gasteiger charge is -2.51. The molecule has 55 heavy (non-hydrogen) atoms. The van der Waals surface area contributed by atoms with Crippen molar-refractivity contribution in [3.05, 3.63) is 0 Å². The maximum atomic E-state index is 12.8. The highest BCUT2D eigenvalue weighted by molar-refractivity contribution is 5.76. The molecule has 2 amide bonds. The summed E-state index contributed by atoms with van der Waals surface area (Å²) in [5.41, 5.74) is 0. The van der Waals surface area contributed by atoms with Crippen LogP contribution in [0.15, 0.2) is 0 Å². The van der Waals surface area contributed by atoms with Crippen LogP contribution in [-0.2, 0) is 47.5 Å². The molecule has 0 aromatic carbocycles. The highest BCUT2D eigenvalue weighted by Gasteiger charge is 2.60. The fourth-order valence-corrected chi connectivity index (χ4v) is 6.95. The third-order valence-electron chi connectivity index (χ3n) is 9.87. The molecule has 4 aliphatic heterocycles. The molecule has 4 heterocycles. The summed E-state index contributed by atoms with van der Waals surface area (Å²) in [4.78, 5) is 36.9. The molecule has 4 rings (SSSR count). The highest BCUT2D eigenvalue weighted by atomic mass is 16.8.